The van der Waals surface area contributed by atoms with Crippen molar-refractivity contribution in [3.05, 3.63) is 48.3 Å². The normalized spacial score (nSPS) is 15.8. The average molecular weight is 478 g/mol. The number of para-hydroxylation sites is 2. The third kappa shape index (κ3) is 5.80. The minimum atomic E-state index is 0.0415. The number of carbonyl (C=O) groups is 1. The number of amides is 1. The number of ether oxygens (including phenoxy) is 2. The lowest BCUT2D eigenvalue weighted by molar-refractivity contribution is -0.117. The summed E-state index contributed by atoms with van der Waals surface area (Å²) in [5.41, 5.74) is 2.92. The molecule has 0 radical (unpaired) electrons. The van der Waals surface area contributed by atoms with E-state index in [9.17, 15) is 4.79 Å². The molecule has 1 saturated heterocycles. The van der Waals surface area contributed by atoms with Gasteiger partial charge in [0, 0.05) is 31.5 Å². The number of aromatic nitrogens is 2. The van der Waals surface area contributed by atoms with Gasteiger partial charge in [0.05, 0.1) is 30.9 Å². The molecule has 1 aromatic heterocycles. The fraction of sp³-hybridized carbons (Fsp3) is 0.517. The van der Waals surface area contributed by atoms with Crippen LogP contribution in [0.5, 0.6) is 11.5 Å². The first-order valence-electron chi connectivity index (χ1n) is 13.1. The minimum Gasteiger partial charge on any atom is -0.497 e. The van der Waals surface area contributed by atoms with Crippen LogP contribution < -0.4 is 14.4 Å². The zero-order valence-corrected chi connectivity index (χ0v) is 21.5. The molecule has 3 aromatic rings. The minimum absolute atomic E-state index is 0.0415. The zero-order valence-electron chi connectivity index (χ0n) is 21.5. The van der Waals surface area contributed by atoms with Gasteiger partial charge in [-0.15, -0.1) is 0 Å². The molecular formula is C29H39N3O3. The summed E-state index contributed by atoms with van der Waals surface area (Å²) in [7, 11) is 3.26. The number of anilines is 1. The quantitative estimate of drug-likeness (QED) is 0.257. The molecule has 0 aliphatic carbocycles. The van der Waals surface area contributed by atoms with Crippen LogP contribution in [0.3, 0.4) is 0 Å². The van der Waals surface area contributed by atoms with Gasteiger partial charge in [-0.05, 0) is 30.7 Å². The lowest BCUT2D eigenvalue weighted by atomic mass is 10.1. The molecule has 1 amide bonds. The van der Waals surface area contributed by atoms with Gasteiger partial charge in [0.1, 0.15) is 17.3 Å². The predicted molar refractivity (Wildman–Crippen MR) is 142 cm³/mol. The first-order valence-corrected chi connectivity index (χ1v) is 13.1. The predicted octanol–water partition coefficient (Wildman–Crippen LogP) is 6.71. The zero-order chi connectivity index (χ0) is 24.6. The SMILES string of the molecule is CCCCCCCCCCn1c(C2CC(=O)N(c3cc(OC)ccc3OC)C2)nc2ccccc21. The van der Waals surface area contributed by atoms with Crippen molar-refractivity contribution < 1.29 is 14.3 Å². The molecule has 0 N–H and O–H groups in total. The van der Waals surface area contributed by atoms with Gasteiger partial charge in [-0.1, -0.05) is 64.0 Å². The van der Waals surface area contributed by atoms with Crippen LogP contribution in [0, 0.1) is 0 Å². The standard InChI is InChI=1S/C29H39N3O3/c1-4-5-6-7-8-9-10-13-18-31-25-15-12-11-14-24(25)30-29(31)22-19-28(33)32(21-22)26-20-23(34-2)16-17-27(26)35-3/h11-12,14-17,20,22H,4-10,13,18-19,21H2,1-3H3. The summed E-state index contributed by atoms with van der Waals surface area (Å²) in [6, 6.07) is 13.9. The van der Waals surface area contributed by atoms with Crippen LogP contribution in [-0.4, -0.2) is 36.2 Å². The number of unbranched alkanes of at least 4 members (excludes halogenated alkanes) is 7. The summed E-state index contributed by atoms with van der Waals surface area (Å²) in [5, 5.41) is 0. The number of aryl methyl sites for hydroxylation is 1. The number of imidazole rings is 1. The Hall–Kier alpha value is -3.02. The number of fused-ring (bicyclic) bond motifs is 1. The van der Waals surface area contributed by atoms with Gasteiger partial charge in [-0.2, -0.15) is 0 Å². The van der Waals surface area contributed by atoms with Crippen molar-refractivity contribution in [1.82, 2.24) is 9.55 Å². The lowest BCUT2D eigenvalue weighted by Gasteiger charge is -2.20. The Bertz CT molecular complexity index is 1120. The lowest BCUT2D eigenvalue weighted by Crippen LogP contribution is -2.25. The molecule has 1 atom stereocenters. The molecule has 0 saturated carbocycles. The summed E-state index contributed by atoms with van der Waals surface area (Å²) < 4.78 is 13.3. The Balaban J connectivity index is 1.49. The second-order valence-electron chi connectivity index (χ2n) is 9.53. The number of carbonyl (C=O) groups excluding carboxylic acids is 1. The van der Waals surface area contributed by atoms with E-state index in [4.69, 9.17) is 14.5 Å². The Labute approximate surface area is 209 Å². The van der Waals surface area contributed by atoms with E-state index in [1.165, 1.54) is 44.9 Å². The molecule has 1 aliphatic rings. The van der Waals surface area contributed by atoms with Crippen LogP contribution in [0.4, 0.5) is 5.69 Å². The van der Waals surface area contributed by atoms with Gasteiger partial charge in [0.15, 0.2) is 0 Å². The third-order valence-electron chi connectivity index (χ3n) is 7.09. The smallest absolute Gasteiger partial charge is 0.227 e. The van der Waals surface area contributed by atoms with E-state index in [2.05, 4.69) is 29.7 Å². The second-order valence-corrected chi connectivity index (χ2v) is 9.53. The van der Waals surface area contributed by atoms with Crippen molar-refractivity contribution >= 4 is 22.6 Å². The Morgan fingerprint density at radius 3 is 2.43 bits per heavy atom. The molecule has 6 heteroatoms. The molecule has 4 rings (SSSR count). The average Bonchev–Trinajstić information content (AvgIpc) is 3.45. The maximum atomic E-state index is 13.2. The number of methoxy groups -OCH3 is 2. The number of nitrogens with zero attached hydrogens (tertiary/aromatic N) is 3. The third-order valence-corrected chi connectivity index (χ3v) is 7.09. The van der Waals surface area contributed by atoms with Crippen LogP contribution >= 0.6 is 0 Å². The Morgan fingerprint density at radius 1 is 0.943 bits per heavy atom. The van der Waals surface area contributed by atoms with E-state index in [0.29, 0.717) is 24.5 Å². The largest absolute Gasteiger partial charge is 0.497 e. The van der Waals surface area contributed by atoms with E-state index >= 15 is 0 Å². The highest BCUT2D eigenvalue weighted by molar-refractivity contribution is 5.98. The number of hydrogen-bond acceptors (Lipinski definition) is 4. The maximum absolute atomic E-state index is 13.2. The van der Waals surface area contributed by atoms with Crippen LogP contribution in [-0.2, 0) is 11.3 Å². The van der Waals surface area contributed by atoms with E-state index in [-0.39, 0.29) is 11.8 Å². The van der Waals surface area contributed by atoms with Crippen LogP contribution in [0.2, 0.25) is 0 Å². The van der Waals surface area contributed by atoms with Gasteiger partial charge in [-0.3, -0.25) is 4.79 Å². The summed E-state index contributed by atoms with van der Waals surface area (Å²) in [6.07, 6.45) is 10.8. The summed E-state index contributed by atoms with van der Waals surface area (Å²) >= 11 is 0. The van der Waals surface area contributed by atoms with E-state index in [0.717, 1.165) is 35.5 Å². The molecule has 0 spiro atoms. The number of hydrogen-bond donors (Lipinski definition) is 0. The molecule has 0 bridgehead atoms. The van der Waals surface area contributed by atoms with Crippen molar-refractivity contribution in [2.75, 3.05) is 25.7 Å². The summed E-state index contributed by atoms with van der Waals surface area (Å²) in [5.74, 6) is 2.53. The van der Waals surface area contributed by atoms with E-state index < -0.39 is 0 Å². The summed E-state index contributed by atoms with van der Waals surface area (Å²) in [6.45, 7) is 3.79. The van der Waals surface area contributed by atoms with Crippen molar-refractivity contribution in [1.29, 1.82) is 0 Å². The molecule has 1 aliphatic heterocycles. The monoisotopic (exact) mass is 477 g/mol. The fourth-order valence-corrected chi connectivity index (χ4v) is 5.17. The van der Waals surface area contributed by atoms with Crippen molar-refractivity contribution in [2.24, 2.45) is 0 Å². The molecule has 6 nitrogen and oxygen atoms in total. The highest BCUT2D eigenvalue weighted by atomic mass is 16.5. The van der Waals surface area contributed by atoms with Crippen molar-refractivity contribution in [3.8, 4) is 11.5 Å². The highest BCUT2D eigenvalue weighted by Gasteiger charge is 2.36. The number of rotatable bonds is 13. The Kier molecular flexibility index (Phi) is 8.67. The molecule has 2 aromatic carbocycles. The topological polar surface area (TPSA) is 56.6 Å². The van der Waals surface area contributed by atoms with Gasteiger partial charge in [0.25, 0.3) is 0 Å². The van der Waals surface area contributed by atoms with Crippen molar-refractivity contribution in [2.45, 2.75) is 77.2 Å². The molecule has 1 fully saturated rings. The molecule has 1 unspecified atom stereocenters. The molecular weight excluding hydrogens is 438 g/mol. The van der Waals surface area contributed by atoms with Gasteiger partial charge >= 0.3 is 0 Å². The molecule has 2 heterocycles. The van der Waals surface area contributed by atoms with E-state index in [1.807, 2.05) is 29.2 Å². The highest BCUT2D eigenvalue weighted by Crippen LogP contribution is 2.39. The van der Waals surface area contributed by atoms with Crippen LogP contribution in [0.1, 0.15) is 76.5 Å². The summed E-state index contributed by atoms with van der Waals surface area (Å²) in [4.78, 5) is 20.0. The first-order chi connectivity index (χ1) is 17.2. The Morgan fingerprint density at radius 2 is 1.69 bits per heavy atom. The second kappa shape index (κ2) is 12.1. The fourth-order valence-electron chi connectivity index (χ4n) is 5.17. The molecule has 35 heavy (non-hydrogen) atoms. The van der Waals surface area contributed by atoms with Crippen LogP contribution in [0.25, 0.3) is 11.0 Å². The van der Waals surface area contributed by atoms with Gasteiger partial charge in [-0.25, -0.2) is 4.98 Å². The van der Waals surface area contributed by atoms with Crippen molar-refractivity contribution in [3.63, 3.8) is 0 Å². The molecule has 188 valence electrons. The van der Waals surface area contributed by atoms with Gasteiger partial charge < -0.3 is 18.9 Å². The number of benzene rings is 2. The van der Waals surface area contributed by atoms with Crippen LogP contribution in [0.15, 0.2) is 42.5 Å². The van der Waals surface area contributed by atoms with Gasteiger partial charge in [0.2, 0.25) is 5.91 Å². The first kappa shape index (κ1) is 25.1. The van der Waals surface area contributed by atoms with E-state index in [1.54, 1.807) is 14.2 Å². The maximum Gasteiger partial charge on any atom is 0.227 e.